The molecule has 1 aromatic heterocycles. The second kappa shape index (κ2) is 4.96. The first-order valence-corrected chi connectivity index (χ1v) is 5.27. The van der Waals surface area contributed by atoms with Crippen LogP contribution in [-0.2, 0) is 4.79 Å². The quantitative estimate of drug-likeness (QED) is 0.753. The van der Waals surface area contributed by atoms with Crippen molar-refractivity contribution < 1.29 is 9.21 Å². The Morgan fingerprint density at radius 1 is 1.47 bits per heavy atom. The van der Waals surface area contributed by atoms with E-state index in [0.717, 1.165) is 17.1 Å². The molecule has 0 unspecified atom stereocenters. The lowest BCUT2D eigenvalue weighted by Gasteiger charge is -2.01. The normalized spacial score (nSPS) is 12.2. The molecule has 0 radical (unpaired) electrons. The maximum atomic E-state index is 11.4. The molecule has 0 spiro atoms. The summed E-state index contributed by atoms with van der Waals surface area (Å²) in [7, 11) is 0. The van der Waals surface area contributed by atoms with Gasteiger partial charge in [-0.1, -0.05) is 19.9 Å². The predicted octanol–water partition coefficient (Wildman–Crippen LogP) is 3.61. The fourth-order valence-electron chi connectivity index (χ4n) is 1.24. The molecule has 1 aromatic rings. The number of hydrogen-bond acceptors (Lipinski definition) is 2. The van der Waals surface area contributed by atoms with Gasteiger partial charge in [-0.25, -0.2) is 0 Å². The van der Waals surface area contributed by atoms with Gasteiger partial charge in [0.25, 0.3) is 0 Å². The number of furan rings is 1. The van der Waals surface area contributed by atoms with Crippen LogP contribution in [0.2, 0.25) is 0 Å². The molecule has 2 nitrogen and oxygen atoms in total. The van der Waals surface area contributed by atoms with Gasteiger partial charge in [0, 0.05) is 12.3 Å². The van der Waals surface area contributed by atoms with E-state index in [4.69, 9.17) is 4.42 Å². The highest BCUT2D eigenvalue weighted by atomic mass is 16.3. The summed E-state index contributed by atoms with van der Waals surface area (Å²) in [6.07, 6.45) is 2.42. The van der Waals surface area contributed by atoms with Gasteiger partial charge in [0.1, 0.15) is 17.3 Å². The van der Waals surface area contributed by atoms with Gasteiger partial charge in [-0.3, -0.25) is 4.79 Å². The molecular weight excluding hydrogens is 188 g/mol. The summed E-state index contributed by atoms with van der Waals surface area (Å²) >= 11 is 0. The van der Waals surface area contributed by atoms with Gasteiger partial charge < -0.3 is 4.42 Å². The Morgan fingerprint density at radius 3 is 2.60 bits per heavy atom. The number of allylic oxidation sites excluding steroid dienone is 2. The first-order valence-electron chi connectivity index (χ1n) is 5.27. The molecule has 15 heavy (non-hydrogen) atoms. The number of aryl methyl sites for hydroxylation is 1. The molecule has 0 saturated carbocycles. The summed E-state index contributed by atoms with van der Waals surface area (Å²) in [6.45, 7) is 7.72. The Balaban J connectivity index is 2.65. The molecule has 0 aliphatic heterocycles. The lowest BCUT2D eigenvalue weighted by Crippen LogP contribution is -2.04. The highest BCUT2D eigenvalue weighted by molar-refractivity contribution is 5.83. The van der Waals surface area contributed by atoms with Crippen molar-refractivity contribution in [3.63, 3.8) is 0 Å². The maximum absolute atomic E-state index is 11.4. The minimum absolute atomic E-state index is 0.104. The molecule has 0 aromatic carbocycles. The van der Waals surface area contributed by atoms with Gasteiger partial charge in [-0.15, -0.1) is 0 Å². The van der Waals surface area contributed by atoms with Crippen molar-refractivity contribution in [2.45, 2.75) is 34.1 Å². The van der Waals surface area contributed by atoms with E-state index in [1.807, 2.05) is 45.9 Å². The van der Waals surface area contributed by atoms with Crippen molar-refractivity contribution in [3.05, 3.63) is 29.7 Å². The summed E-state index contributed by atoms with van der Waals surface area (Å²) < 4.78 is 5.46. The zero-order valence-electron chi connectivity index (χ0n) is 9.83. The van der Waals surface area contributed by atoms with Crippen molar-refractivity contribution in [3.8, 4) is 0 Å². The Kier molecular flexibility index (Phi) is 3.89. The zero-order valence-corrected chi connectivity index (χ0v) is 9.83. The summed E-state index contributed by atoms with van der Waals surface area (Å²) in [6, 6.07) is 3.86. The summed E-state index contributed by atoms with van der Waals surface area (Å²) in [5.41, 5.74) is 1.03. The molecule has 0 N–H and O–H groups in total. The lowest BCUT2D eigenvalue weighted by atomic mass is 10.0. The molecule has 0 aliphatic carbocycles. The van der Waals surface area contributed by atoms with Gasteiger partial charge in [0.05, 0.1) is 0 Å². The third-order valence-corrected chi connectivity index (χ3v) is 2.38. The van der Waals surface area contributed by atoms with Crippen molar-refractivity contribution >= 4 is 11.4 Å². The first-order chi connectivity index (χ1) is 7.00. The Hall–Kier alpha value is -1.31. The Morgan fingerprint density at radius 2 is 2.13 bits per heavy atom. The van der Waals surface area contributed by atoms with Crippen molar-refractivity contribution in [2.75, 3.05) is 0 Å². The summed E-state index contributed by atoms with van der Waals surface area (Å²) in [5.74, 6) is 2.11. The minimum Gasteiger partial charge on any atom is -0.462 e. The van der Waals surface area contributed by atoms with Crippen LogP contribution in [0.1, 0.15) is 38.7 Å². The van der Waals surface area contributed by atoms with Crippen LogP contribution < -0.4 is 0 Å². The summed E-state index contributed by atoms with van der Waals surface area (Å²) in [5, 5.41) is 0. The largest absolute Gasteiger partial charge is 0.462 e. The van der Waals surface area contributed by atoms with Crippen LogP contribution in [0.5, 0.6) is 0 Å². The average Bonchev–Trinajstić information content (AvgIpc) is 2.60. The molecular formula is C13H18O2. The molecule has 0 aliphatic rings. The van der Waals surface area contributed by atoms with Crippen LogP contribution in [0.15, 0.2) is 22.6 Å². The van der Waals surface area contributed by atoms with Gasteiger partial charge >= 0.3 is 0 Å². The topological polar surface area (TPSA) is 30.2 Å². The van der Waals surface area contributed by atoms with E-state index in [-0.39, 0.29) is 11.7 Å². The third kappa shape index (κ3) is 3.39. The van der Waals surface area contributed by atoms with E-state index < -0.39 is 0 Å². The number of carbonyl (C=O) groups is 1. The highest BCUT2D eigenvalue weighted by Gasteiger charge is 2.06. The fraction of sp³-hybridized carbons (Fsp3) is 0.462. The smallest absolute Gasteiger partial charge is 0.139 e. The van der Waals surface area contributed by atoms with Crippen LogP contribution in [0.4, 0.5) is 0 Å². The van der Waals surface area contributed by atoms with Crippen molar-refractivity contribution in [1.29, 1.82) is 0 Å². The van der Waals surface area contributed by atoms with E-state index in [2.05, 4.69) is 0 Å². The van der Waals surface area contributed by atoms with Crippen molar-refractivity contribution in [2.24, 2.45) is 5.92 Å². The first kappa shape index (κ1) is 11.8. The second-order valence-corrected chi connectivity index (χ2v) is 4.12. The zero-order chi connectivity index (χ0) is 11.4. The minimum atomic E-state index is 0.104. The summed E-state index contributed by atoms with van der Waals surface area (Å²) in [4.78, 5) is 11.4. The van der Waals surface area contributed by atoms with Crippen LogP contribution in [0, 0.1) is 12.8 Å². The van der Waals surface area contributed by atoms with Gasteiger partial charge in [-0.05, 0) is 31.6 Å². The third-order valence-electron chi connectivity index (χ3n) is 2.38. The number of hydrogen-bond donors (Lipinski definition) is 0. The van der Waals surface area contributed by atoms with E-state index in [1.165, 1.54) is 0 Å². The van der Waals surface area contributed by atoms with Crippen LogP contribution in [0.25, 0.3) is 5.57 Å². The Bertz CT molecular complexity index is 370. The molecule has 0 bridgehead atoms. The van der Waals surface area contributed by atoms with E-state index in [9.17, 15) is 4.79 Å². The SMILES string of the molecule is C/C(=C\CC(=O)C(C)C)c1ccc(C)o1. The average molecular weight is 206 g/mol. The van der Waals surface area contributed by atoms with Crippen LogP contribution in [-0.4, -0.2) is 5.78 Å². The number of Topliss-reactive ketones (excluding diaryl/α,β-unsaturated/α-hetero) is 1. The maximum Gasteiger partial charge on any atom is 0.139 e. The van der Waals surface area contributed by atoms with E-state index in [1.54, 1.807) is 0 Å². The molecule has 1 rings (SSSR count). The van der Waals surface area contributed by atoms with Gasteiger partial charge in [0.15, 0.2) is 0 Å². The molecule has 0 fully saturated rings. The molecule has 1 heterocycles. The van der Waals surface area contributed by atoms with E-state index >= 15 is 0 Å². The predicted molar refractivity (Wildman–Crippen MR) is 61.6 cm³/mol. The van der Waals surface area contributed by atoms with E-state index in [0.29, 0.717) is 6.42 Å². The molecule has 0 saturated heterocycles. The number of rotatable bonds is 4. The molecule has 0 atom stereocenters. The monoisotopic (exact) mass is 206 g/mol. The van der Waals surface area contributed by atoms with Crippen LogP contribution >= 0.6 is 0 Å². The second-order valence-electron chi connectivity index (χ2n) is 4.12. The van der Waals surface area contributed by atoms with Gasteiger partial charge in [-0.2, -0.15) is 0 Å². The molecule has 0 amide bonds. The van der Waals surface area contributed by atoms with Gasteiger partial charge in [0.2, 0.25) is 0 Å². The Labute approximate surface area is 91.0 Å². The number of ketones is 1. The fourth-order valence-corrected chi connectivity index (χ4v) is 1.24. The molecule has 82 valence electrons. The van der Waals surface area contributed by atoms with Crippen molar-refractivity contribution in [1.82, 2.24) is 0 Å². The molecule has 2 heteroatoms. The highest BCUT2D eigenvalue weighted by Crippen LogP contribution is 2.17. The standard InChI is InChI=1S/C13H18O2/c1-9(2)12(14)7-5-10(3)13-8-6-11(4)15-13/h5-6,8-9H,7H2,1-4H3/b10-5+. The lowest BCUT2D eigenvalue weighted by molar-refractivity contribution is -0.121. The van der Waals surface area contributed by atoms with Crippen LogP contribution in [0.3, 0.4) is 0 Å². The number of carbonyl (C=O) groups excluding carboxylic acids is 1.